The minimum absolute atomic E-state index is 0.223. The zero-order chi connectivity index (χ0) is 11.5. The molecule has 4 nitrogen and oxygen atoms in total. The predicted molar refractivity (Wildman–Crippen MR) is 56.3 cm³/mol. The van der Waals surface area contributed by atoms with Crippen molar-refractivity contribution in [1.29, 1.82) is 0 Å². The van der Waals surface area contributed by atoms with E-state index in [1.807, 2.05) is 0 Å². The maximum atomic E-state index is 13.6. The van der Waals surface area contributed by atoms with Gasteiger partial charge in [0, 0.05) is 12.6 Å². The van der Waals surface area contributed by atoms with Crippen LogP contribution in [0.5, 0.6) is 5.75 Å². The van der Waals surface area contributed by atoms with Crippen LogP contribution in [0.15, 0.2) is 28.9 Å². The molecule has 84 valence electrons. The van der Waals surface area contributed by atoms with E-state index in [9.17, 15) is 4.39 Å². The number of oxazole rings is 1. The maximum Gasteiger partial charge on any atom is 0.229 e. The first-order valence-electron chi connectivity index (χ1n) is 4.73. The Kier molecular flexibility index (Phi) is 2.87. The molecule has 0 unspecified atom stereocenters. The maximum absolute atomic E-state index is 13.6. The molecule has 16 heavy (non-hydrogen) atoms. The molecule has 0 atom stereocenters. The van der Waals surface area contributed by atoms with Crippen molar-refractivity contribution < 1.29 is 13.5 Å². The SMILES string of the molecule is COc1ccc(-c2nc(CN)co2)c(F)c1. The van der Waals surface area contributed by atoms with Crippen LogP contribution in [0.2, 0.25) is 0 Å². The Hall–Kier alpha value is -1.88. The number of hydrogen-bond donors (Lipinski definition) is 1. The monoisotopic (exact) mass is 222 g/mol. The van der Waals surface area contributed by atoms with Crippen molar-refractivity contribution in [2.45, 2.75) is 6.54 Å². The number of rotatable bonds is 3. The van der Waals surface area contributed by atoms with Gasteiger partial charge in [-0.2, -0.15) is 0 Å². The van der Waals surface area contributed by atoms with E-state index in [0.29, 0.717) is 17.0 Å². The van der Waals surface area contributed by atoms with Crippen LogP contribution in [0.4, 0.5) is 4.39 Å². The molecule has 0 saturated heterocycles. The molecule has 0 spiro atoms. The first-order chi connectivity index (χ1) is 7.74. The molecule has 0 radical (unpaired) electrons. The van der Waals surface area contributed by atoms with Crippen molar-refractivity contribution in [1.82, 2.24) is 4.98 Å². The summed E-state index contributed by atoms with van der Waals surface area (Å²) in [7, 11) is 1.48. The summed E-state index contributed by atoms with van der Waals surface area (Å²) in [6, 6.07) is 4.48. The Morgan fingerprint density at radius 3 is 2.88 bits per heavy atom. The zero-order valence-corrected chi connectivity index (χ0v) is 8.74. The van der Waals surface area contributed by atoms with E-state index >= 15 is 0 Å². The van der Waals surface area contributed by atoms with E-state index in [0.717, 1.165) is 0 Å². The summed E-state index contributed by atoms with van der Waals surface area (Å²) in [5.74, 6) is 0.234. The van der Waals surface area contributed by atoms with Gasteiger partial charge in [-0.3, -0.25) is 0 Å². The van der Waals surface area contributed by atoms with E-state index in [4.69, 9.17) is 14.9 Å². The average molecular weight is 222 g/mol. The first-order valence-corrected chi connectivity index (χ1v) is 4.73. The molecule has 0 aliphatic rings. The van der Waals surface area contributed by atoms with E-state index < -0.39 is 5.82 Å². The molecule has 1 aromatic heterocycles. The average Bonchev–Trinajstić information content (AvgIpc) is 2.77. The molecule has 5 heteroatoms. The standard InChI is InChI=1S/C11H11FN2O2/c1-15-8-2-3-9(10(12)4-8)11-14-7(5-13)6-16-11/h2-4,6H,5,13H2,1H3. The third-order valence-corrected chi connectivity index (χ3v) is 2.17. The van der Waals surface area contributed by atoms with Crippen LogP contribution < -0.4 is 10.5 Å². The van der Waals surface area contributed by atoms with Crippen LogP contribution in [-0.4, -0.2) is 12.1 Å². The Labute approximate surface area is 91.9 Å². The second kappa shape index (κ2) is 4.32. The van der Waals surface area contributed by atoms with Crippen LogP contribution in [0.25, 0.3) is 11.5 Å². The summed E-state index contributed by atoms with van der Waals surface area (Å²) >= 11 is 0. The molecule has 1 heterocycles. The number of hydrogen-bond acceptors (Lipinski definition) is 4. The summed E-state index contributed by atoms with van der Waals surface area (Å²) < 4.78 is 23.7. The van der Waals surface area contributed by atoms with Crippen molar-refractivity contribution in [2.75, 3.05) is 7.11 Å². The quantitative estimate of drug-likeness (QED) is 0.862. The summed E-state index contributed by atoms with van der Waals surface area (Å²) in [5.41, 5.74) is 6.27. The van der Waals surface area contributed by atoms with Gasteiger partial charge in [-0.25, -0.2) is 9.37 Å². The predicted octanol–water partition coefficient (Wildman–Crippen LogP) is 1.95. The number of halogens is 1. The fourth-order valence-electron chi connectivity index (χ4n) is 1.32. The van der Waals surface area contributed by atoms with Gasteiger partial charge in [0.1, 0.15) is 17.8 Å². The lowest BCUT2D eigenvalue weighted by atomic mass is 10.2. The second-order valence-electron chi connectivity index (χ2n) is 3.19. The highest BCUT2D eigenvalue weighted by Crippen LogP contribution is 2.25. The molecule has 1 aromatic carbocycles. The number of ether oxygens (including phenoxy) is 1. The van der Waals surface area contributed by atoms with Crippen molar-refractivity contribution in [3.63, 3.8) is 0 Å². The number of nitrogens with zero attached hydrogens (tertiary/aromatic N) is 1. The molecule has 0 fully saturated rings. The summed E-state index contributed by atoms with van der Waals surface area (Å²) in [6.45, 7) is 0.265. The van der Waals surface area contributed by atoms with E-state index in [2.05, 4.69) is 4.98 Å². The number of aromatic nitrogens is 1. The highest BCUT2D eigenvalue weighted by Gasteiger charge is 2.11. The minimum Gasteiger partial charge on any atom is -0.497 e. The Balaban J connectivity index is 2.40. The smallest absolute Gasteiger partial charge is 0.229 e. The largest absolute Gasteiger partial charge is 0.497 e. The Morgan fingerprint density at radius 2 is 2.31 bits per heavy atom. The molecule has 0 aliphatic heterocycles. The third-order valence-electron chi connectivity index (χ3n) is 2.17. The van der Waals surface area contributed by atoms with Gasteiger partial charge < -0.3 is 14.9 Å². The van der Waals surface area contributed by atoms with Crippen LogP contribution in [-0.2, 0) is 6.54 Å². The van der Waals surface area contributed by atoms with Gasteiger partial charge in [0.15, 0.2) is 0 Å². The molecule has 0 amide bonds. The van der Waals surface area contributed by atoms with Gasteiger partial charge >= 0.3 is 0 Å². The molecular formula is C11H11FN2O2. The molecule has 0 saturated carbocycles. The normalized spacial score (nSPS) is 10.4. The molecule has 0 aliphatic carbocycles. The van der Waals surface area contributed by atoms with Gasteiger partial charge in [0.2, 0.25) is 5.89 Å². The van der Waals surface area contributed by atoms with Gasteiger partial charge in [-0.05, 0) is 12.1 Å². The van der Waals surface area contributed by atoms with Crippen molar-refractivity contribution in [3.05, 3.63) is 36.0 Å². The molecule has 2 rings (SSSR count). The lowest BCUT2D eigenvalue weighted by molar-refractivity contribution is 0.411. The van der Waals surface area contributed by atoms with Gasteiger partial charge in [-0.15, -0.1) is 0 Å². The van der Waals surface area contributed by atoms with E-state index in [1.165, 1.54) is 19.4 Å². The van der Waals surface area contributed by atoms with Crippen molar-refractivity contribution >= 4 is 0 Å². The van der Waals surface area contributed by atoms with Gasteiger partial charge in [-0.1, -0.05) is 0 Å². The second-order valence-corrected chi connectivity index (χ2v) is 3.19. The fraction of sp³-hybridized carbons (Fsp3) is 0.182. The van der Waals surface area contributed by atoms with Crippen LogP contribution in [0.1, 0.15) is 5.69 Å². The van der Waals surface area contributed by atoms with Crippen LogP contribution in [0, 0.1) is 5.82 Å². The zero-order valence-electron chi connectivity index (χ0n) is 8.74. The van der Waals surface area contributed by atoms with Crippen molar-refractivity contribution in [3.8, 4) is 17.2 Å². The van der Waals surface area contributed by atoms with Crippen molar-refractivity contribution in [2.24, 2.45) is 5.73 Å². The third kappa shape index (κ3) is 1.90. The minimum atomic E-state index is -0.440. The van der Waals surface area contributed by atoms with E-state index in [1.54, 1.807) is 12.1 Å². The first kappa shape index (κ1) is 10.6. The number of methoxy groups -OCH3 is 1. The molecule has 0 bridgehead atoms. The molecule has 2 aromatic rings. The highest BCUT2D eigenvalue weighted by atomic mass is 19.1. The van der Waals surface area contributed by atoms with E-state index in [-0.39, 0.29) is 12.4 Å². The lowest BCUT2D eigenvalue weighted by Gasteiger charge is -2.01. The summed E-state index contributed by atoms with van der Waals surface area (Å²) in [4.78, 5) is 4.04. The molecular weight excluding hydrogens is 211 g/mol. The van der Waals surface area contributed by atoms with Gasteiger partial charge in [0.25, 0.3) is 0 Å². The van der Waals surface area contributed by atoms with Gasteiger partial charge in [0.05, 0.1) is 18.4 Å². The number of nitrogens with two attached hydrogens (primary N) is 1. The summed E-state index contributed by atoms with van der Waals surface area (Å²) in [6.07, 6.45) is 1.42. The fourth-order valence-corrected chi connectivity index (χ4v) is 1.32. The topological polar surface area (TPSA) is 61.3 Å². The highest BCUT2D eigenvalue weighted by molar-refractivity contribution is 5.55. The Bertz CT molecular complexity index is 496. The summed E-state index contributed by atoms with van der Waals surface area (Å²) in [5, 5.41) is 0. The van der Waals surface area contributed by atoms with Crippen LogP contribution in [0.3, 0.4) is 0 Å². The Morgan fingerprint density at radius 1 is 1.50 bits per heavy atom. The van der Waals surface area contributed by atoms with Crippen LogP contribution >= 0.6 is 0 Å². The number of benzene rings is 1. The molecule has 2 N–H and O–H groups in total. The lowest BCUT2D eigenvalue weighted by Crippen LogP contribution is -1.96.